The molecule has 0 aliphatic carbocycles. The molecule has 0 bridgehead atoms. The highest BCUT2D eigenvalue weighted by molar-refractivity contribution is 7.89. The molecule has 2 saturated heterocycles. The van der Waals surface area contributed by atoms with Crippen LogP contribution in [0.15, 0.2) is 23.2 Å². The highest BCUT2D eigenvalue weighted by atomic mass is 32.2. The van der Waals surface area contributed by atoms with E-state index in [2.05, 4.69) is 4.98 Å². The van der Waals surface area contributed by atoms with E-state index in [0.717, 1.165) is 0 Å². The van der Waals surface area contributed by atoms with Crippen LogP contribution in [-0.4, -0.2) is 79.5 Å². The number of anilines is 1. The number of carbonyl (C=O) groups is 1. The normalized spacial score (nSPS) is 20.8. The molecular weight excluding hydrogens is 442 g/mol. The minimum absolute atomic E-state index is 0.0718. The molecule has 3 heterocycles. The highest BCUT2D eigenvalue weighted by Gasteiger charge is 2.35. The lowest BCUT2D eigenvalue weighted by Gasteiger charge is -2.36. The molecule has 0 N–H and O–H groups in total. The fourth-order valence-corrected chi connectivity index (χ4v) is 5.29. The first-order valence-electron chi connectivity index (χ1n) is 10.8. The topological polar surface area (TPSA) is 83.0 Å². The number of carbonyl (C=O) groups excluding carboxylic acids is 1. The Labute approximate surface area is 188 Å². The smallest absolute Gasteiger partial charge is 0.410 e. The zero-order chi connectivity index (χ0) is 23.7. The molecule has 0 saturated carbocycles. The second-order valence-corrected chi connectivity index (χ2v) is 11.4. The molecule has 0 atom stereocenters. The van der Waals surface area contributed by atoms with E-state index < -0.39 is 27.6 Å². The van der Waals surface area contributed by atoms with Gasteiger partial charge in [0.05, 0.1) is 0 Å². The minimum atomic E-state index is -3.73. The molecule has 2 aliphatic rings. The van der Waals surface area contributed by atoms with E-state index in [4.69, 9.17) is 4.74 Å². The number of ether oxygens (including phenoxy) is 1. The Morgan fingerprint density at radius 2 is 1.75 bits per heavy atom. The molecule has 0 aromatic carbocycles. The number of amides is 1. The summed E-state index contributed by atoms with van der Waals surface area (Å²) in [4.78, 5) is 19.8. The van der Waals surface area contributed by atoms with Crippen molar-refractivity contribution in [3.8, 4) is 0 Å². The fourth-order valence-electron chi connectivity index (χ4n) is 3.88. The van der Waals surface area contributed by atoms with Gasteiger partial charge in [-0.25, -0.2) is 27.0 Å². The zero-order valence-corrected chi connectivity index (χ0v) is 19.9. The van der Waals surface area contributed by atoms with Crippen LogP contribution in [0.2, 0.25) is 0 Å². The number of sulfonamides is 1. The van der Waals surface area contributed by atoms with Crippen molar-refractivity contribution in [2.75, 3.05) is 38.1 Å². The third-order valence-electron chi connectivity index (χ3n) is 5.83. The second-order valence-electron chi connectivity index (χ2n) is 9.42. The van der Waals surface area contributed by atoms with Crippen LogP contribution in [-0.2, 0) is 14.8 Å². The molecule has 1 aromatic heterocycles. The molecule has 3 rings (SSSR count). The number of piperidine rings is 2. The maximum Gasteiger partial charge on any atom is 0.410 e. The Bertz CT molecular complexity index is 901. The van der Waals surface area contributed by atoms with Crippen LogP contribution in [0.5, 0.6) is 0 Å². The molecule has 11 heteroatoms. The average Bonchev–Trinajstić information content (AvgIpc) is 2.72. The van der Waals surface area contributed by atoms with Crippen molar-refractivity contribution >= 4 is 21.9 Å². The van der Waals surface area contributed by atoms with Crippen molar-refractivity contribution in [1.82, 2.24) is 14.2 Å². The van der Waals surface area contributed by atoms with Gasteiger partial charge in [0.25, 0.3) is 5.92 Å². The summed E-state index contributed by atoms with van der Waals surface area (Å²) in [5.74, 6) is -2.15. The molecule has 32 heavy (non-hydrogen) atoms. The standard InChI is InChI=1S/C21H32F2N4O4S/c1-20(2,3)31-19(28)25(4)16-7-11-27(12-8-16)32(29,30)17-5-6-18(24-15-17)26-13-9-21(22,23)10-14-26/h5-6,15-16H,7-14H2,1-4H3. The summed E-state index contributed by atoms with van der Waals surface area (Å²) in [6, 6.07) is 2.94. The summed E-state index contributed by atoms with van der Waals surface area (Å²) in [5.41, 5.74) is -0.594. The van der Waals surface area contributed by atoms with Crippen LogP contribution < -0.4 is 4.90 Å². The van der Waals surface area contributed by atoms with E-state index >= 15 is 0 Å². The van der Waals surface area contributed by atoms with Crippen LogP contribution in [0.1, 0.15) is 46.5 Å². The van der Waals surface area contributed by atoms with Crippen LogP contribution in [0, 0.1) is 0 Å². The van der Waals surface area contributed by atoms with Crippen LogP contribution in [0.25, 0.3) is 0 Å². The third kappa shape index (κ3) is 5.86. The lowest BCUT2D eigenvalue weighted by atomic mass is 10.1. The van der Waals surface area contributed by atoms with Gasteiger partial charge in [-0.3, -0.25) is 0 Å². The van der Waals surface area contributed by atoms with Crippen molar-refractivity contribution in [2.24, 2.45) is 0 Å². The van der Waals surface area contributed by atoms with E-state index in [9.17, 15) is 22.0 Å². The van der Waals surface area contributed by atoms with E-state index in [1.165, 1.54) is 21.5 Å². The quantitative estimate of drug-likeness (QED) is 0.666. The van der Waals surface area contributed by atoms with Gasteiger partial charge in [0.15, 0.2) is 0 Å². The molecule has 1 aromatic rings. The van der Waals surface area contributed by atoms with Crippen molar-refractivity contribution in [3.05, 3.63) is 18.3 Å². The summed E-state index contributed by atoms with van der Waals surface area (Å²) in [6.45, 7) is 6.33. The van der Waals surface area contributed by atoms with E-state index in [-0.39, 0.29) is 50.0 Å². The number of pyridine rings is 1. The Morgan fingerprint density at radius 1 is 1.16 bits per heavy atom. The van der Waals surface area contributed by atoms with Gasteiger partial charge < -0.3 is 14.5 Å². The number of alkyl halides is 2. The lowest BCUT2D eigenvalue weighted by molar-refractivity contribution is -0.0221. The molecule has 0 unspecified atom stereocenters. The monoisotopic (exact) mass is 474 g/mol. The number of aromatic nitrogens is 1. The van der Waals surface area contributed by atoms with Gasteiger partial charge in [0, 0.05) is 58.3 Å². The first kappa shape index (κ1) is 24.6. The van der Waals surface area contributed by atoms with Crippen molar-refractivity contribution < 1.29 is 26.7 Å². The van der Waals surface area contributed by atoms with E-state index in [0.29, 0.717) is 18.7 Å². The van der Waals surface area contributed by atoms with Crippen molar-refractivity contribution in [1.29, 1.82) is 0 Å². The van der Waals surface area contributed by atoms with Crippen LogP contribution >= 0.6 is 0 Å². The molecule has 0 spiro atoms. The second kappa shape index (κ2) is 9.09. The number of halogens is 2. The molecule has 180 valence electrons. The molecule has 2 aliphatic heterocycles. The van der Waals surface area contributed by atoms with Crippen molar-refractivity contribution in [3.63, 3.8) is 0 Å². The number of hydrogen-bond donors (Lipinski definition) is 0. The average molecular weight is 475 g/mol. The maximum absolute atomic E-state index is 13.4. The SMILES string of the molecule is CN(C(=O)OC(C)(C)C)C1CCN(S(=O)(=O)c2ccc(N3CCC(F)(F)CC3)nc2)CC1. The first-order valence-corrected chi connectivity index (χ1v) is 12.3. The highest BCUT2D eigenvalue weighted by Crippen LogP contribution is 2.30. The number of hydrogen-bond acceptors (Lipinski definition) is 6. The summed E-state index contributed by atoms with van der Waals surface area (Å²) in [5, 5.41) is 0. The number of rotatable bonds is 4. The van der Waals surface area contributed by atoms with E-state index in [1.807, 2.05) is 0 Å². The van der Waals surface area contributed by atoms with Crippen molar-refractivity contribution in [2.45, 2.75) is 68.9 Å². The minimum Gasteiger partial charge on any atom is -0.444 e. The predicted octanol–water partition coefficient (Wildman–Crippen LogP) is 3.34. The predicted molar refractivity (Wildman–Crippen MR) is 116 cm³/mol. The first-order chi connectivity index (χ1) is 14.8. The van der Waals surface area contributed by atoms with Gasteiger partial charge in [-0.15, -0.1) is 0 Å². The van der Waals surface area contributed by atoms with Crippen LogP contribution in [0.3, 0.4) is 0 Å². The summed E-state index contributed by atoms with van der Waals surface area (Å²) < 4.78 is 59.5. The van der Waals surface area contributed by atoms with Gasteiger partial charge in [0.1, 0.15) is 16.3 Å². The summed E-state index contributed by atoms with van der Waals surface area (Å²) >= 11 is 0. The Balaban J connectivity index is 1.59. The summed E-state index contributed by atoms with van der Waals surface area (Å²) in [7, 11) is -2.06. The van der Waals surface area contributed by atoms with Gasteiger partial charge in [-0.1, -0.05) is 0 Å². The fraction of sp³-hybridized carbons (Fsp3) is 0.714. The maximum atomic E-state index is 13.4. The van der Waals surface area contributed by atoms with Crippen LogP contribution in [0.4, 0.5) is 19.4 Å². The van der Waals surface area contributed by atoms with E-state index in [1.54, 1.807) is 38.8 Å². The lowest BCUT2D eigenvalue weighted by Crippen LogP contribution is -2.48. The number of nitrogens with zero attached hydrogens (tertiary/aromatic N) is 4. The Morgan fingerprint density at radius 3 is 2.25 bits per heavy atom. The molecule has 8 nitrogen and oxygen atoms in total. The Hall–Kier alpha value is -2.01. The third-order valence-corrected chi connectivity index (χ3v) is 7.71. The molecular formula is C21H32F2N4O4S. The molecule has 1 amide bonds. The zero-order valence-electron chi connectivity index (χ0n) is 19.1. The summed E-state index contributed by atoms with van der Waals surface area (Å²) in [6.07, 6.45) is 1.40. The largest absolute Gasteiger partial charge is 0.444 e. The van der Waals surface area contributed by atoms with Gasteiger partial charge >= 0.3 is 6.09 Å². The van der Waals surface area contributed by atoms with Gasteiger partial charge in [-0.2, -0.15) is 4.31 Å². The molecule has 0 radical (unpaired) electrons. The molecule has 2 fully saturated rings. The van der Waals surface area contributed by atoms with Gasteiger partial charge in [-0.05, 0) is 45.7 Å². The van der Waals surface area contributed by atoms with Gasteiger partial charge in [0.2, 0.25) is 10.0 Å². The Kier molecular flexibility index (Phi) is 6.99.